The van der Waals surface area contributed by atoms with Gasteiger partial charge in [-0.2, -0.15) is 0 Å². The van der Waals surface area contributed by atoms with Crippen molar-refractivity contribution in [1.29, 1.82) is 0 Å². The fourth-order valence-corrected chi connectivity index (χ4v) is 3.77. The molecule has 0 amide bonds. The Bertz CT molecular complexity index is 1300. The Hall–Kier alpha value is -3.59. The molecule has 0 aliphatic rings. The maximum Gasteiger partial charge on any atom is 0.148 e. The fraction of sp³-hybridized carbons (Fsp3) is 0.115. The molecule has 0 saturated carbocycles. The lowest BCUT2D eigenvalue weighted by Gasteiger charge is -2.12. The molecule has 5 aromatic rings. The molecule has 0 bridgehead atoms. The predicted octanol–water partition coefficient (Wildman–Crippen LogP) is 6.13. The topological polar surface area (TPSA) is 27.1 Å². The van der Waals surface area contributed by atoms with E-state index in [0.29, 0.717) is 6.61 Å². The zero-order valence-electron chi connectivity index (χ0n) is 16.4. The highest BCUT2D eigenvalue weighted by Gasteiger charge is 2.12. The molecule has 142 valence electrons. The molecule has 0 radical (unpaired) electrons. The Morgan fingerprint density at radius 3 is 2.45 bits per heavy atom. The van der Waals surface area contributed by atoms with Crippen LogP contribution in [0.1, 0.15) is 17.0 Å². The molecule has 29 heavy (non-hydrogen) atoms. The van der Waals surface area contributed by atoms with Crippen LogP contribution in [0.2, 0.25) is 0 Å². The first-order valence-corrected chi connectivity index (χ1v) is 9.88. The van der Waals surface area contributed by atoms with E-state index in [9.17, 15) is 0 Å². The maximum atomic E-state index is 6.15. The van der Waals surface area contributed by atoms with Gasteiger partial charge in [-0.3, -0.25) is 0 Å². The summed E-state index contributed by atoms with van der Waals surface area (Å²) < 4.78 is 8.42. The quantitative estimate of drug-likeness (QED) is 0.368. The number of aryl methyl sites for hydroxylation is 1. The minimum Gasteiger partial charge on any atom is -0.486 e. The summed E-state index contributed by atoms with van der Waals surface area (Å²) in [6, 6.07) is 31.3. The van der Waals surface area contributed by atoms with Gasteiger partial charge in [-0.25, -0.2) is 4.98 Å². The van der Waals surface area contributed by atoms with Crippen LogP contribution >= 0.6 is 0 Å². The normalized spacial score (nSPS) is 11.2. The smallest absolute Gasteiger partial charge is 0.148 e. The van der Waals surface area contributed by atoms with Crippen LogP contribution in [0.25, 0.3) is 21.8 Å². The zero-order valence-corrected chi connectivity index (χ0v) is 16.4. The Morgan fingerprint density at radius 1 is 0.793 bits per heavy atom. The maximum absolute atomic E-state index is 6.15. The van der Waals surface area contributed by atoms with Crippen LogP contribution in [-0.2, 0) is 13.2 Å². The number of hydrogen-bond acceptors (Lipinski definition) is 2. The van der Waals surface area contributed by atoms with Gasteiger partial charge in [-0.15, -0.1) is 0 Å². The molecule has 0 spiro atoms. The summed E-state index contributed by atoms with van der Waals surface area (Å²) in [5.41, 5.74) is 4.71. The standard InChI is InChI=1S/C26H22N2O/c1-19-8-2-3-11-22(19)17-28-25-13-7-6-12-24(25)27-26(28)18-29-23-15-14-20-9-4-5-10-21(20)16-23/h2-16H,17-18H2,1H3. The van der Waals surface area contributed by atoms with Gasteiger partial charge in [0.2, 0.25) is 0 Å². The molecule has 1 aromatic heterocycles. The second kappa shape index (κ2) is 7.44. The lowest BCUT2D eigenvalue weighted by Crippen LogP contribution is -2.09. The number of fused-ring (bicyclic) bond motifs is 2. The van der Waals surface area contributed by atoms with Crippen LogP contribution in [0.4, 0.5) is 0 Å². The molecule has 0 fully saturated rings. The molecular weight excluding hydrogens is 356 g/mol. The van der Waals surface area contributed by atoms with Gasteiger partial charge in [0, 0.05) is 6.54 Å². The third-order valence-corrected chi connectivity index (χ3v) is 5.41. The van der Waals surface area contributed by atoms with Crippen molar-refractivity contribution in [2.45, 2.75) is 20.1 Å². The van der Waals surface area contributed by atoms with Crippen molar-refractivity contribution in [3.05, 3.63) is 108 Å². The molecule has 1 heterocycles. The van der Waals surface area contributed by atoms with E-state index in [1.165, 1.54) is 21.9 Å². The summed E-state index contributed by atoms with van der Waals surface area (Å²) in [5.74, 6) is 1.79. The highest BCUT2D eigenvalue weighted by molar-refractivity contribution is 5.83. The summed E-state index contributed by atoms with van der Waals surface area (Å²) >= 11 is 0. The SMILES string of the molecule is Cc1ccccc1Cn1c(COc2ccc3ccccc3c2)nc2ccccc21. The molecule has 4 aromatic carbocycles. The van der Waals surface area contributed by atoms with Gasteiger partial charge in [-0.05, 0) is 53.1 Å². The van der Waals surface area contributed by atoms with Crippen molar-refractivity contribution >= 4 is 21.8 Å². The van der Waals surface area contributed by atoms with Crippen LogP contribution in [0.5, 0.6) is 5.75 Å². The van der Waals surface area contributed by atoms with Crippen LogP contribution in [0.15, 0.2) is 91.0 Å². The molecule has 3 heteroatoms. The second-order valence-electron chi connectivity index (χ2n) is 7.33. The lowest BCUT2D eigenvalue weighted by molar-refractivity contribution is 0.291. The first kappa shape index (κ1) is 17.5. The first-order valence-electron chi connectivity index (χ1n) is 9.88. The van der Waals surface area contributed by atoms with E-state index in [1.807, 2.05) is 18.2 Å². The van der Waals surface area contributed by atoms with Crippen molar-refractivity contribution in [3.8, 4) is 5.75 Å². The Balaban J connectivity index is 1.48. The van der Waals surface area contributed by atoms with E-state index >= 15 is 0 Å². The summed E-state index contributed by atoms with van der Waals surface area (Å²) in [6.45, 7) is 3.36. The molecule has 0 aliphatic heterocycles. The van der Waals surface area contributed by atoms with E-state index in [1.54, 1.807) is 0 Å². The molecule has 0 unspecified atom stereocenters. The number of benzene rings is 4. The third-order valence-electron chi connectivity index (χ3n) is 5.41. The molecule has 0 N–H and O–H groups in total. The Kier molecular flexibility index (Phi) is 4.49. The summed E-state index contributed by atoms with van der Waals surface area (Å²) in [6.07, 6.45) is 0. The van der Waals surface area contributed by atoms with E-state index < -0.39 is 0 Å². The molecular formula is C26H22N2O. The first-order chi connectivity index (χ1) is 14.3. The highest BCUT2D eigenvalue weighted by Crippen LogP contribution is 2.23. The van der Waals surface area contributed by atoms with E-state index in [2.05, 4.69) is 84.3 Å². The molecule has 5 rings (SSSR count). The zero-order chi connectivity index (χ0) is 19.6. The second-order valence-corrected chi connectivity index (χ2v) is 7.33. The molecule has 0 saturated heterocycles. The third kappa shape index (κ3) is 3.47. The molecule has 3 nitrogen and oxygen atoms in total. The van der Waals surface area contributed by atoms with Crippen LogP contribution in [-0.4, -0.2) is 9.55 Å². The molecule has 0 atom stereocenters. The van der Waals surface area contributed by atoms with Crippen molar-refractivity contribution in [1.82, 2.24) is 9.55 Å². The summed E-state index contributed by atoms with van der Waals surface area (Å²) in [5, 5.41) is 2.39. The highest BCUT2D eigenvalue weighted by atomic mass is 16.5. The lowest BCUT2D eigenvalue weighted by atomic mass is 10.1. The number of aromatic nitrogens is 2. The van der Waals surface area contributed by atoms with Gasteiger partial charge < -0.3 is 9.30 Å². The number of nitrogens with zero attached hydrogens (tertiary/aromatic N) is 2. The van der Waals surface area contributed by atoms with Crippen molar-refractivity contribution in [2.24, 2.45) is 0 Å². The van der Waals surface area contributed by atoms with Gasteiger partial charge in [0.25, 0.3) is 0 Å². The van der Waals surface area contributed by atoms with Gasteiger partial charge in [0.05, 0.1) is 11.0 Å². The number of ether oxygens (including phenoxy) is 1. The van der Waals surface area contributed by atoms with Gasteiger partial charge in [0.15, 0.2) is 0 Å². The fourth-order valence-electron chi connectivity index (χ4n) is 3.77. The average Bonchev–Trinajstić information content (AvgIpc) is 3.11. The van der Waals surface area contributed by atoms with Gasteiger partial charge in [0.1, 0.15) is 18.2 Å². The minimum absolute atomic E-state index is 0.429. The van der Waals surface area contributed by atoms with Crippen LogP contribution in [0.3, 0.4) is 0 Å². The predicted molar refractivity (Wildman–Crippen MR) is 118 cm³/mol. The van der Waals surface area contributed by atoms with E-state index in [-0.39, 0.29) is 0 Å². The number of rotatable bonds is 5. The Morgan fingerprint density at radius 2 is 1.55 bits per heavy atom. The van der Waals surface area contributed by atoms with Crippen LogP contribution < -0.4 is 4.74 Å². The summed E-state index contributed by atoms with van der Waals surface area (Å²) in [7, 11) is 0. The number of imidazole rings is 1. The van der Waals surface area contributed by atoms with Crippen molar-refractivity contribution in [3.63, 3.8) is 0 Å². The summed E-state index contributed by atoms with van der Waals surface area (Å²) in [4.78, 5) is 4.85. The average molecular weight is 378 g/mol. The minimum atomic E-state index is 0.429. The molecule has 0 aliphatic carbocycles. The number of hydrogen-bond donors (Lipinski definition) is 0. The Labute approximate surface area is 170 Å². The number of para-hydroxylation sites is 2. The largest absolute Gasteiger partial charge is 0.486 e. The van der Waals surface area contributed by atoms with Crippen molar-refractivity contribution < 1.29 is 4.74 Å². The van der Waals surface area contributed by atoms with Gasteiger partial charge >= 0.3 is 0 Å². The van der Waals surface area contributed by atoms with Crippen molar-refractivity contribution in [2.75, 3.05) is 0 Å². The monoisotopic (exact) mass is 378 g/mol. The van der Waals surface area contributed by atoms with E-state index in [4.69, 9.17) is 9.72 Å². The van der Waals surface area contributed by atoms with E-state index in [0.717, 1.165) is 29.2 Å². The van der Waals surface area contributed by atoms with Crippen LogP contribution in [0, 0.1) is 6.92 Å². The van der Waals surface area contributed by atoms with Gasteiger partial charge in [-0.1, -0.05) is 66.7 Å².